The lowest BCUT2D eigenvalue weighted by atomic mass is 10.1. The van der Waals surface area contributed by atoms with Gasteiger partial charge >= 0.3 is 0 Å². The van der Waals surface area contributed by atoms with Gasteiger partial charge in [-0.1, -0.05) is 18.2 Å². The quantitative estimate of drug-likeness (QED) is 0.244. The van der Waals surface area contributed by atoms with Crippen molar-refractivity contribution in [2.75, 3.05) is 26.2 Å². The number of likely N-dealkylation sites (N-methyl/N-ethyl adjacent to an activating group) is 1. The summed E-state index contributed by atoms with van der Waals surface area (Å²) in [6.45, 7) is 8.28. The van der Waals surface area contributed by atoms with Crippen LogP contribution in [0.1, 0.15) is 30.5 Å². The lowest BCUT2D eigenvalue weighted by Crippen LogP contribution is -2.38. The molecule has 0 atom stereocenters. The summed E-state index contributed by atoms with van der Waals surface area (Å²) >= 11 is 0. The number of aryl methyl sites for hydroxylation is 1. The van der Waals surface area contributed by atoms with Crippen molar-refractivity contribution in [3.05, 3.63) is 65.0 Å². The van der Waals surface area contributed by atoms with Crippen molar-refractivity contribution in [3.63, 3.8) is 0 Å². The number of nitrogens with zero attached hydrogens (tertiary/aromatic N) is 1. The minimum absolute atomic E-state index is 0. The first kappa shape index (κ1) is 26.7. The highest BCUT2D eigenvalue weighted by molar-refractivity contribution is 14.0. The summed E-state index contributed by atoms with van der Waals surface area (Å²) in [5, 5.41) is 9.24. The third-order valence-corrected chi connectivity index (χ3v) is 4.40. The normalized spacial score (nSPS) is 10.8. The third-order valence-electron chi connectivity index (χ3n) is 4.40. The Hall–Kier alpha value is -2.36. The third kappa shape index (κ3) is 9.99. The molecule has 0 heterocycles. The van der Waals surface area contributed by atoms with Gasteiger partial charge in [-0.3, -0.25) is 4.79 Å². The number of halogens is 2. The molecule has 8 heteroatoms. The number of carbonyl (C=O) groups excluding carboxylic acids is 1. The number of aliphatic imine (C=N–C) groups is 1. The maximum Gasteiger partial charge on any atom is 0.257 e. The molecule has 0 aliphatic rings. The van der Waals surface area contributed by atoms with Gasteiger partial charge in [-0.15, -0.1) is 24.0 Å². The highest BCUT2D eigenvalue weighted by Gasteiger charge is 2.04. The number of benzene rings is 2. The molecule has 0 radical (unpaired) electrons. The van der Waals surface area contributed by atoms with Crippen LogP contribution in [0, 0.1) is 12.7 Å². The molecule has 0 saturated heterocycles. The van der Waals surface area contributed by atoms with Gasteiger partial charge in [0, 0.05) is 19.6 Å². The highest BCUT2D eigenvalue weighted by atomic mass is 127. The summed E-state index contributed by atoms with van der Waals surface area (Å²) in [6.07, 6.45) is 0.777. The first-order valence-corrected chi connectivity index (χ1v) is 10.3. The van der Waals surface area contributed by atoms with Crippen molar-refractivity contribution in [1.82, 2.24) is 16.0 Å². The molecule has 0 saturated carbocycles. The Balaban J connectivity index is 0.00000480. The Morgan fingerprint density at radius 3 is 2.55 bits per heavy atom. The minimum atomic E-state index is -0.212. The van der Waals surface area contributed by atoms with Crippen molar-refractivity contribution < 1.29 is 13.9 Å². The molecule has 2 aromatic rings. The molecular weight excluding hydrogens is 510 g/mol. The van der Waals surface area contributed by atoms with Crippen LogP contribution in [-0.2, 0) is 17.8 Å². The van der Waals surface area contributed by atoms with Gasteiger partial charge in [0.2, 0.25) is 0 Å². The first-order chi connectivity index (χ1) is 14.5. The predicted molar refractivity (Wildman–Crippen MR) is 134 cm³/mol. The fraction of sp³-hybridized carbons (Fsp3) is 0.391. The van der Waals surface area contributed by atoms with E-state index in [1.54, 1.807) is 6.07 Å². The van der Waals surface area contributed by atoms with Gasteiger partial charge in [-0.05, 0) is 68.1 Å². The van der Waals surface area contributed by atoms with E-state index in [0.717, 1.165) is 29.7 Å². The Morgan fingerprint density at radius 1 is 1.06 bits per heavy atom. The maximum atomic E-state index is 13.2. The standard InChI is InChI=1S/C23H31FN4O2.HI/c1-4-25-22(29)16-30-21-8-6-7-18(14-21)15-28-23(26-5-2)27-12-11-19-9-10-20(24)13-17(19)3;/h6-10,13-14H,4-5,11-12,15-16H2,1-3H3,(H,25,29)(H2,26,27,28);1H. The number of guanidine groups is 1. The molecule has 170 valence electrons. The fourth-order valence-electron chi connectivity index (χ4n) is 2.90. The largest absolute Gasteiger partial charge is 0.484 e. The van der Waals surface area contributed by atoms with Crippen LogP contribution in [0.2, 0.25) is 0 Å². The molecule has 0 aliphatic carbocycles. The van der Waals surface area contributed by atoms with E-state index in [1.165, 1.54) is 6.07 Å². The van der Waals surface area contributed by atoms with Crippen molar-refractivity contribution in [1.29, 1.82) is 0 Å². The summed E-state index contributed by atoms with van der Waals surface area (Å²) in [4.78, 5) is 16.2. The van der Waals surface area contributed by atoms with Gasteiger partial charge in [0.1, 0.15) is 11.6 Å². The molecule has 6 nitrogen and oxygen atoms in total. The predicted octanol–water partition coefficient (Wildman–Crippen LogP) is 3.56. The van der Waals surface area contributed by atoms with Gasteiger partial charge in [-0.25, -0.2) is 9.38 Å². The van der Waals surface area contributed by atoms with Crippen LogP contribution in [0.4, 0.5) is 4.39 Å². The van der Waals surface area contributed by atoms with E-state index in [9.17, 15) is 9.18 Å². The van der Waals surface area contributed by atoms with E-state index in [2.05, 4.69) is 20.9 Å². The molecule has 0 aromatic heterocycles. The number of rotatable bonds is 10. The zero-order valence-corrected chi connectivity index (χ0v) is 20.7. The van der Waals surface area contributed by atoms with E-state index in [4.69, 9.17) is 4.74 Å². The molecule has 0 bridgehead atoms. The second kappa shape index (κ2) is 14.6. The van der Waals surface area contributed by atoms with Crippen molar-refractivity contribution >= 4 is 35.8 Å². The average molecular weight is 542 g/mol. The first-order valence-electron chi connectivity index (χ1n) is 10.3. The Labute approximate surface area is 201 Å². The molecule has 0 unspecified atom stereocenters. The van der Waals surface area contributed by atoms with Crippen LogP contribution in [0.25, 0.3) is 0 Å². The van der Waals surface area contributed by atoms with Gasteiger partial charge < -0.3 is 20.7 Å². The zero-order valence-electron chi connectivity index (χ0n) is 18.3. The number of amides is 1. The lowest BCUT2D eigenvalue weighted by molar-refractivity contribution is -0.122. The van der Waals surface area contributed by atoms with Gasteiger partial charge in [0.15, 0.2) is 12.6 Å². The number of hydrogen-bond acceptors (Lipinski definition) is 3. The average Bonchev–Trinajstić information content (AvgIpc) is 2.72. The molecule has 0 aliphatic heterocycles. The molecular formula is C23H32FIN4O2. The minimum Gasteiger partial charge on any atom is -0.484 e. The molecule has 0 spiro atoms. The van der Waals surface area contributed by atoms with Crippen LogP contribution >= 0.6 is 24.0 Å². The number of nitrogens with one attached hydrogen (secondary N) is 3. The number of carbonyl (C=O) groups is 1. The molecule has 3 N–H and O–H groups in total. The van der Waals surface area contributed by atoms with Crippen LogP contribution in [0.3, 0.4) is 0 Å². The highest BCUT2D eigenvalue weighted by Crippen LogP contribution is 2.14. The van der Waals surface area contributed by atoms with Crippen LogP contribution in [-0.4, -0.2) is 38.1 Å². The number of ether oxygens (including phenoxy) is 1. The van der Waals surface area contributed by atoms with Crippen LogP contribution in [0.5, 0.6) is 5.75 Å². The maximum absolute atomic E-state index is 13.2. The van der Waals surface area contributed by atoms with Crippen molar-refractivity contribution in [2.45, 2.75) is 33.7 Å². The molecule has 31 heavy (non-hydrogen) atoms. The monoisotopic (exact) mass is 542 g/mol. The molecule has 2 aromatic carbocycles. The molecule has 1 amide bonds. The Kier molecular flexibility index (Phi) is 12.6. The molecule has 2 rings (SSSR count). The van der Waals surface area contributed by atoms with Gasteiger partial charge in [-0.2, -0.15) is 0 Å². The summed E-state index contributed by atoms with van der Waals surface area (Å²) in [5.74, 6) is 0.997. The molecule has 0 fully saturated rings. The fourth-order valence-corrected chi connectivity index (χ4v) is 2.90. The summed E-state index contributed by atoms with van der Waals surface area (Å²) in [6, 6.07) is 12.4. The second-order valence-corrected chi connectivity index (χ2v) is 6.83. The Bertz CT molecular complexity index is 861. The van der Waals surface area contributed by atoms with E-state index in [0.29, 0.717) is 31.3 Å². The zero-order chi connectivity index (χ0) is 21.8. The smallest absolute Gasteiger partial charge is 0.257 e. The van der Waals surface area contributed by atoms with Gasteiger partial charge in [0.05, 0.1) is 6.54 Å². The van der Waals surface area contributed by atoms with Crippen molar-refractivity contribution in [3.8, 4) is 5.75 Å². The topological polar surface area (TPSA) is 74.8 Å². The van der Waals surface area contributed by atoms with E-state index in [-0.39, 0.29) is 42.3 Å². The summed E-state index contributed by atoms with van der Waals surface area (Å²) < 4.78 is 18.8. The van der Waals surface area contributed by atoms with E-state index >= 15 is 0 Å². The lowest BCUT2D eigenvalue weighted by Gasteiger charge is -2.12. The second-order valence-electron chi connectivity index (χ2n) is 6.83. The Morgan fingerprint density at radius 2 is 1.84 bits per heavy atom. The van der Waals surface area contributed by atoms with E-state index < -0.39 is 0 Å². The van der Waals surface area contributed by atoms with Crippen molar-refractivity contribution in [2.24, 2.45) is 4.99 Å². The van der Waals surface area contributed by atoms with Crippen LogP contribution in [0.15, 0.2) is 47.5 Å². The number of hydrogen-bond donors (Lipinski definition) is 3. The van der Waals surface area contributed by atoms with Crippen LogP contribution < -0.4 is 20.7 Å². The summed E-state index contributed by atoms with van der Waals surface area (Å²) in [7, 11) is 0. The van der Waals surface area contributed by atoms with Gasteiger partial charge in [0.25, 0.3) is 5.91 Å². The SMILES string of the molecule is CCNC(=O)COc1cccc(CN=C(NCC)NCCc2ccc(F)cc2C)c1.I. The summed E-state index contributed by atoms with van der Waals surface area (Å²) in [5.41, 5.74) is 3.04. The van der Waals surface area contributed by atoms with E-state index in [1.807, 2.05) is 51.1 Å².